The van der Waals surface area contributed by atoms with Gasteiger partial charge in [0, 0.05) is 6.42 Å². The third-order valence-corrected chi connectivity index (χ3v) is 1.76. The largest absolute Gasteiger partial charge is 0.507 e. The Hall–Kier alpha value is -0.140. The van der Waals surface area contributed by atoms with Gasteiger partial charge in [0.05, 0.1) is 10.4 Å². The molecule has 1 aliphatic rings. The van der Waals surface area contributed by atoms with Crippen LogP contribution in [-0.2, 0) is 0 Å². The molecule has 0 amide bonds. The summed E-state index contributed by atoms with van der Waals surface area (Å²) in [4.78, 5) is 0. The van der Waals surface area contributed by atoms with Crippen LogP contribution in [0.4, 0.5) is 0 Å². The molecule has 0 aromatic heterocycles. The second-order valence-corrected chi connectivity index (χ2v) is 2.89. The summed E-state index contributed by atoms with van der Waals surface area (Å²) in [6, 6.07) is 0. The van der Waals surface area contributed by atoms with Gasteiger partial charge in [-0.3, -0.25) is 0 Å². The molecule has 1 unspecified atom stereocenters. The molecule has 0 spiro atoms. The summed E-state index contributed by atoms with van der Waals surface area (Å²) < 4.78 is 0. The molecule has 3 heteroatoms. The fourth-order valence-electron chi connectivity index (χ4n) is 0.630. The highest BCUT2D eigenvalue weighted by atomic mass is 35.5. The molecule has 0 aromatic rings. The van der Waals surface area contributed by atoms with Crippen molar-refractivity contribution in [2.45, 2.75) is 11.8 Å². The van der Waals surface area contributed by atoms with Crippen LogP contribution < -0.4 is 0 Å². The van der Waals surface area contributed by atoms with Crippen LogP contribution in [0, 0.1) is 0 Å². The molecule has 0 bridgehead atoms. The predicted octanol–water partition coefficient (Wildman–Crippen LogP) is 2.56. The summed E-state index contributed by atoms with van der Waals surface area (Å²) >= 11 is 11.2. The first kappa shape index (κ1) is 6.97. The summed E-state index contributed by atoms with van der Waals surface area (Å²) in [5.74, 6) is 0.133. The summed E-state index contributed by atoms with van der Waals surface area (Å²) in [7, 11) is 0. The third-order valence-electron chi connectivity index (χ3n) is 1.12. The molecule has 0 aliphatic heterocycles. The zero-order chi connectivity index (χ0) is 6.85. The van der Waals surface area contributed by atoms with Crippen molar-refractivity contribution < 1.29 is 5.11 Å². The molecule has 1 atom stereocenters. The summed E-state index contributed by atoms with van der Waals surface area (Å²) in [6.45, 7) is 0. The van der Waals surface area contributed by atoms with Crippen LogP contribution in [0.3, 0.4) is 0 Å². The minimum absolute atomic E-state index is 0.0617. The van der Waals surface area contributed by atoms with Crippen molar-refractivity contribution in [1.82, 2.24) is 0 Å². The fraction of sp³-hybridized carbons (Fsp3) is 0.333. The standard InChI is InChI=1S/C6H6Cl2O/c7-4-1-2-6(9)5(8)3-4/h1-2,4,9H,3H2. The Morgan fingerprint density at radius 2 is 2.33 bits per heavy atom. The van der Waals surface area contributed by atoms with Gasteiger partial charge in [0.25, 0.3) is 0 Å². The van der Waals surface area contributed by atoms with Gasteiger partial charge in [-0.25, -0.2) is 0 Å². The second-order valence-electron chi connectivity index (χ2n) is 1.87. The molecule has 0 aromatic carbocycles. The van der Waals surface area contributed by atoms with Gasteiger partial charge in [0.2, 0.25) is 0 Å². The van der Waals surface area contributed by atoms with Gasteiger partial charge in [-0.15, -0.1) is 11.6 Å². The van der Waals surface area contributed by atoms with E-state index >= 15 is 0 Å². The Morgan fingerprint density at radius 3 is 2.78 bits per heavy atom. The molecule has 0 radical (unpaired) electrons. The van der Waals surface area contributed by atoms with Crippen molar-refractivity contribution in [2.75, 3.05) is 0 Å². The van der Waals surface area contributed by atoms with E-state index in [-0.39, 0.29) is 11.1 Å². The highest BCUT2D eigenvalue weighted by Gasteiger charge is 2.10. The van der Waals surface area contributed by atoms with Gasteiger partial charge in [0.1, 0.15) is 5.76 Å². The minimum atomic E-state index is -0.0617. The molecule has 0 fully saturated rings. The lowest BCUT2D eigenvalue weighted by atomic mass is 10.2. The zero-order valence-electron chi connectivity index (χ0n) is 4.64. The monoisotopic (exact) mass is 164 g/mol. The van der Waals surface area contributed by atoms with Crippen LogP contribution in [-0.4, -0.2) is 10.5 Å². The Kier molecular flexibility index (Phi) is 2.04. The second kappa shape index (κ2) is 2.63. The van der Waals surface area contributed by atoms with Crippen molar-refractivity contribution in [3.8, 4) is 0 Å². The summed E-state index contributed by atoms with van der Waals surface area (Å²) in [5, 5.41) is 9.28. The fourth-order valence-corrected chi connectivity index (χ4v) is 1.17. The lowest BCUT2D eigenvalue weighted by Crippen LogP contribution is -2.00. The minimum Gasteiger partial charge on any atom is -0.507 e. The molecular formula is C6H6Cl2O. The number of aliphatic hydroxyl groups excluding tert-OH is 1. The van der Waals surface area contributed by atoms with E-state index in [1.54, 1.807) is 6.08 Å². The molecule has 1 rings (SSSR count). The number of rotatable bonds is 0. The van der Waals surface area contributed by atoms with Gasteiger partial charge >= 0.3 is 0 Å². The average molecular weight is 165 g/mol. The Bertz CT molecular complexity index is 172. The smallest absolute Gasteiger partial charge is 0.129 e. The predicted molar refractivity (Wildman–Crippen MR) is 38.9 cm³/mol. The maximum absolute atomic E-state index is 8.90. The van der Waals surface area contributed by atoms with E-state index in [4.69, 9.17) is 28.3 Å². The van der Waals surface area contributed by atoms with Crippen molar-refractivity contribution >= 4 is 23.2 Å². The van der Waals surface area contributed by atoms with E-state index < -0.39 is 0 Å². The highest BCUT2D eigenvalue weighted by molar-refractivity contribution is 6.31. The van der Waals surface area contributed by atoms with Crippen molar-refractivity contribution in [2.24, 2.45) is 0 Å². The number of hydrogen-bond donors (Lipinski definition) is 1. The van der Waals surface area contributed by atoms with E-state index in [0.717, 1.165) is 0 Å². The molecule has 1 aliphatic carbocycles. The maximum atomic E-state index is 8.90. The lowest BCUT2D eigenvalue weighted by molar-refractivity contribution is 0.424. The quantitative estimate of drug-likeness (QED) is 0.547. The SMILES string of the molecule is OC1=C(Cl)CC(Cl)C=C1. The molecular weight excluding hydrogens is 159 g/mol. The lowest BCUT2D eigenvalue weighted by Gasteiger charge is -2.08. The number of alkyl halides is 1. The molecule has 1 N–H and O–H groups in total. The van der Waals surface area contributed by atoms with Crippen LogP contribution in [0.2, 0.25) is 0 Å². The van der Waals surface area contributed by atoms with E-state index in [1.165, 1.54) is 6.08 Å². The van der Waals surface area contributed by atoms with E-state index in [1.807, 2.05) is 0 Å². The number of halogens is 2. The van der Waals surface area contributed by atoms with Gasteiger partial charge in [-0.05, 0) is 6.08 Å². The zero-order valence-corrected chi connectivity index (χ0v) is 6.15. The van der Waals surface area contributed by atoms with Crippen LogP contribution >= 0.6 is 23.2 Å². The third kappa shape index (κ3) is 1.63. The highest BCUT2D eigenvalue weighted by Crippen LogP contribution is 2.23. The van der Waals surface area contributed by atoms with Crippen molar-refractivity contribution in [1.29, 1.82) is 0 Å². The molecule has 0 heterocycles. The molecule has 50 valence electrons. The number of aliphatic hydroxyl groups is 1. The van der Waals surface area contributed by atoms with Gasteiger partial charge in [-0.2, -0.15) is 0 Å². The Labute approximate surface area is 63.6 Å². The molecule has 1 nitrogen and oxygen atoms in total. The number of allylic oxidation sites excluding steroid dienone is 3. The normalized spacial score (nSPS) is 27.1. The van der Waals surface area contributed by atoms with Crippen molar-refractivity contribution in [3.05, 3.63) is 22.9 Å². The van der Waals surface area contributed by atoms with Crippen molar-refractivity contribution in [3.63, 3.8) is 0 Å². The van der Waals surface area contributed by atoms with E-state index in [9.17, 15) is 0 Å². The van der Waals surface area contributed by atoms with Gasteiger partial charge in [-0.1, -0.05) is 17.7 Å². The first-order valence-electron chi connectivity index (χ1n) is 2.60. The van der Waals surface area contributed by atoms with Gasteiger partial charge < -0.3 is 5.11 Å². The van der Waals surface area contributed by atoms with Crippen LogP contribution in [0.5, 0.6) is 0 Å². The molecule has 9 heavy (non-hydrogen) atoms. The molecule has 0 saturated carbocycles. The Balaban J connectivity index is 2.75. The topological polar surface area (TPSA) is 20.2 Å². The maximum Gasteiger partial charge on any atom is 0.129 e. The van der Waals surface area contributed by atoms with E-state index in [2.05, 4.69) is 0 Å². The summed E-state index contributed by atoms with van der Waals surface area (Å²) in [6.07, 6.45) is 3.76. The first-order chi connectivity index (χ1) is 4.20. The van der Waals surface area contributed by atoms with Crippen LogP contribution in [0.25, 0.3) is 0 Å². The van der Waals surface area contributed by atoms with E-state index in [0.29, 0.717) is 11.5 Å². The number of hydrogen-bond acceptors (Lipinski definition) is 1. The average Bonchev–Trinajstić information content (AvgIpc) is 1.80. The van der Waals surface area contributed by atoms with Crippen LogP contribution in [0.15, 0.2) is 22.9 Å². The molecule has 0 saturated heterocycles. The van der Waals surface area contributed by atoms with Gasteiger partial charge in [0.15, 0.2) is 0 Å². The van der Waals surface area contributed by atoms with Crippen LogP contribution in [0.1, 0.15) is 6.42 Å². The first-order valence-corrected chi connectivity index (χ1v) is 3.41. The summed E-state index contributed by atoms with van der Waals surface area (Å²) in [5.41, 5.74) is 0. The Morgan fingerprint density at radius 1 is 1.67 bits per heavy atom.